The molecule has 0 radical (unpaired) electrons. The number of carbonyl (C=O) groups is 2. The molecule has 0 bridgehead atoms. The topological polar surface area (TPSA) is 91.6 Å². The van der Waals surface area contributed by atoms with Crippen LogP contribution in [-0.2, 0) is 9.53 Å². The van der Waals surface area contributed by atoms with E-state index in [1.807, 2.05) is 0 Å². The fraction of sp³-hybridized carbons (Fsp3) is 0.0952. The van der Waals surface area contributed by atoms with Gasteiger partial charge >= 0.3 is 5.97 Å². The Morgan fingerprint density at radius 3 is 2.38 bits per heavy atom. The van der Waals surface area contributed by atoms with E-state index in [-0.39, 0.29) is 5.56 Å². The first-order valence-corrected chi connectivity index (χ1v) is 8.95. The van der Waals surface area contributed by atoms with Crippen molar-refractivity contribution in [1.82, 2.24) is 0 Å². The number of pyridine rings is 1. The smallest absolute Gasteiger partial charge is 0.339 e. The number of rotatable bonds is 6. The van der Waals surface area contributed by atoms with E-state index in [0.717, 1.165) is 0 Å². The number of benzene rings is 2. The minimum Gasteiger partial charge on any atom is -0.619 e. The van der Waals surface area contributed by atoms with Crippen LogP contribution in [0, 0.1) is 5.21 Å². The Morgan fingerprint density at radius 1 is 1.07 bits per heavy atom. The van der Waals surface area contributed by atoms with Crippen LogP contribution in [0.3, 0.4) is 0 Å². The summed E-state index contributed by atoms with van der Waals surface area (Å²) in [6.45, 7) is 0. The fourth-order valence-corrected chi connectivity index (χ4v) is 2.83. The highest BCUT2D eigenvalue weighted by atomic mass is 35.5. The van der Waals surface area contributed by atoms with Gasteiger partial charge in [0.2, 0.25) is 6.10 Å². The molecule has 1 heterocycles. The van der Waals surface area contributed by atoms with Crippen LogP contribution in [0.4, 0.5) is 5.69 Å². The van der Waals surface area contributed by atoms with Gasteiger partial charge in [-0.2, -0.15) is 4.73 Å². The molecule has 1 amide bonds. The summed E-state index contributed by atoms with van der Waals surface area (Å²) in [5.41, 5.74) is 1.07. The molecule has 148 valence electrons. The van der Waals surface area contributed by atoms with Gasteiger partial charge in [0.25, 0.3) is 5.91 Å². The first-order valence-electron chi connectivity index (χ1n) is 8.57. The lowest BCUT2D eigenvalue weighted by molar-refractivity contribution is -0.605. The number of anilines is 1. The average molecular weight is 413 g/mol. The number of ether oxygens (including phenoxy) is 2. The third-order valence-electron chi connectivity index (χ3n) is 4.02. The Hall–Kier alpha value is -3.58. The maximum atomic E-state index is 12.9. The number of halogens is 1. The van der Waals surface area contributed by atoms with Crippen LogP contribution >= 0.6 is 11.6 Å². The lowest BCUT2D eigenvalue weighted by Gasteiger charge is -2.18. The van der Waals surface area contributed by atoms with E-state index >= 15 is 0 Å². The molecule has 0 fully saturated rings. The lowest BCUT2D eigenvalue weighted by atomic mass is 10.1. The maximum absolute atomic E-state index is 12.9. The highest BCUT2D eigenvalue weighted by Gasteiger charge is 2.26. The zero-order chi connectivity index (χ0) is 20.8. The van der Waals surface area contributed by atoms with Crippen molar-refractivity contribution in [2.24, 2.45) is 0 Å². The van der Waals surface area contributed by atoms with E-state index in [1.54, 1.807) is 42.5 Å². The summed E-state index contributed by atoms with van der Waals surface area (Å²) < 4.78 is 11.1. The SMILES string of the molecule is COc1ccc(NC(=O)[C@@H](OC(=O)c2cc[n+]([O-])cc2)c2ccccc2)cc1Cl. The molecular formula is C21H17ClN2O5. The summed E-state index contributed by atoms with van der Waals surface area (Å²) in [7, 11) is 1.49. The molecule has 0 spiro atoms. The molecule has 29 heavy (non-hydrogen) atoms. The molecule has 0 aliphatic rings. The predicted molar refractivity (Wildman–Crippen MR) is 107 cm³/mol. The average Bonchev–Trinajstić information content (AvgIpc) is 2.73. The highest BCUT2D eigenvalue weighted by molar-refractivity contribution is 6.32. The van der Waals surface area contributed by atoms with E-state index in [0.29, 0.717) is 26.8 Å². The standard InChI is InChI=1S/C21H17ClN2O5/c1-28-18-8-7-16(13-17(18)22)23-20(25)19(14-5-3-2-4-6-14)29-21(26)15-9-11-24(27)12-10-15/h2-13,19H,1H3,(H,23,25)/t19-/m0/s1. The Kier molecular flexibility index (Phi) is 6.31. The molecule has 3 rings (SSSR count). The quantitative estimate of drug-likeness (QED) is 0.380. The van der Waals surface area contributed by atoms with Gasteiger partial charge in [-0.1, -0.05) is 41.9 Å². The third kappa shape index (κ3) is 5.03. The van der Waals surface area contributed by atoms with E-state index in [4.69, 9.17) is 21.1 Å². The van der Waals surface area contributed by atoms with Gasteiger partial charge < -0.3 is 20.0 Å². The molecular weight excluding hydrogens is 396 g/mol. The molecule has 3 aromatic rings. The van der Waals surface area contributed by atoms with Gasteiger partial charge in [0.15, 0.2) is 12.4 Å². The summed E-state index contributed by atoms with van der Waals surface area (Å²) in [5.74, 6) is -0.821. The second kappa shape index (κ2) is 9.07. The van der Waals surface area contributed by atoms with E-state index in [1.165, 1.54) is 37.7 Å². The van der Waals surface area contributed by atoms with Crippen LogP contribution in [0.25, 0.3) is 0 Å². The molecule has 0 unspecified atom stereocenters. The van der Waals surface area contributed by atoms with Crippen molar-refractivity contribution in [3.63, 3.8) is 0 Å². The monoisotopic (exact) mass is 412 g/mol. The van der Waals surface area contributed by atoms with Crippen molar-refractivity contribution in [3.8, 4) is 5.75 Å². The molecule has 7 nitrogen and oxygen atoms in total. The largest absolute Gasteiger partial charge is 0.619 e. The highest BCUT2D eigenvalue weighted by Crippen LogP contribution is 2.28. The first kappa shape index (κ1) is 20.2. The van der Waals surface area contributed by atoms with Crippen molar-refractivity contribution < 1.29 is 23.8 Å². The number of hydrogen-bond acceptors (Lipinski definition) is 5. The van der Waals surface area contributed by atoms with Gasteiger partial charge in [-0.05, 0) is 18.2 Å². The minimum absolute atomic E-state index is 0.151. The van der Waals surface area contributed by atoms with Gasteiger partial charge in [-0.25, -0.2) is 4.79 Å². The van der Waals surface area contributed by atoms with Gasteiger partial charge in [0.05, 0.1) is 17.7 Å². The van der Waals surface area contributed by atoms with Crippen LogP contribution in [-0.4, -0.2) is 19.0 Å². The molecule has 8 heteroatoms. The van der Waals surface area contributed by atoms with Gasteiger partial charge in [-0.3, -0.25) is 4.79 Å². The Balaban J connectivity index is 1.83. The number of hydrogen-bond donors (Lipinski definition) is 1. The zero-order valence-electron chi connectivity index (χ0n) is 15.4. The summed E-state index contributed by atoms with van der Waals surface area (Å²) in [6, 6.07) is 16.0. The summed E-state index contributed by atoms with van der Waals surface area (Å²) >= 11 is 6.10. The zero-order valence-corrected chi connectivity index (χ0v) is 16.1. The van der Waals surface area contributed by atoms with Crippen LogP contribution in [0.15, 0.2) is 73.1 Å². The molecule has 0 aliphatic carbocycles. The van der Waals surface area contributed by atoms with Crippen molar-refractivity contribution in [2.45, 2.75) is 6.10 Å². The summed E-state index contributed by atoms with van der Waals surface area (Å²) in [5, 5.41) is 14.2. The predicted octanol–water partition coefficient (Wildman–Crippen LogP) is 3.52. The second-order valence-corrected chi connectivity index (χ2v) is 6.39. The number of aromatic nitrogens is 1. The molecule has 1 aromatic heterocycles. The van der Waals surface area contributed by atoms with E-state index in [2.05, 4.69) is 5.32 Å². The molecule has 2 aromatic carbocycles. The molecule has 1 N–H and O–H groups in total. The number of carbonyl (C=O) groups excluding carboxylic acids is 2. The normalized spacial score (nSPS) is 11.4. The Morgan fingerprint density at radius 2 is 1.76 bits per heavy atom. The molecule has 1 atom stereocenters. The third-order valence-corrected chi connectivity index (χ3v) is 4.32. The summed E-state index contributed by atoms with van der Waals surface area (Å²) in [4.78, 5) is 25.4. The van der Waals surface area contributed by atoms with Crippen molar-refractivity contribution >= 4 is 29.2 Å². The number of esters is 1. The molecule has 0 saturated heterocycles. The Bertz CT molecular complexity index is 1010. The van der Waals surface area contributed by atoms with E-state index in [9.17, 15) is 14.8 Å². The van der Waals surface area contributed by atoms with Gasteiger partial charge in [-0.15, -0.1) is 0 Å². The summed E-state index contributed by atoms with van der Waals surface area (Å²) in [6.07, 6.45) is 1.14. The molecule has 0 saturated carbocycles. The van der Waals surface area contributed by atoms with Gasteiger partial charge in [0, 0.05) is 23.4 Å². The first-order chi connectivity index (χ1) is 14.0. The number of nitrogens with zero attached hydrogens (tertiary/aromatic N) is 1. The number of nitrogens with one attached hydrogen (secondary N) is 1. The van der Waals surface area contributed by atoms with Crippen molar-refractivity contribution in [3.05, 3.63) is 94.4 Å². The van der Waals surface area contributed by atoms with E-state index < -0.39 is 18.0 Å². The van der Waals surface area contributed by atoms with Gasteiger partial charge in [0.1, 0.15) is 5.75 Å². The molecule has 0 aliphatic heterocycles. The lowest BCUT2D eigenvalue weighted by Crippen LogP contribution is -2.27. The van der Waals surface area contributed by atoms with Crippen LogP contribution in [0.2, 0.25) is 5.02 Å². The minimum atomic E-state index is -1.20. The van der Waals surface area contributed by atoms with Crippen LogP contribution in [0.5, 0.6) is 5.75 Å². The van der Waals surface area contributed by atoms with Crippen molar-refractivity contribution in [1.29, 1.82) is 0 Å². The Labute approximate surface area is 172 Å². The maximum Gasteiger partial charge on any atom is 0.339 e. The second-order valence-electron chi connectivity index (χ2n) is 5.98. The van der Waals surface area contributed by atoms with Crippen LogP contribution in [0.1, 0.15) is 22.0 Å². The number of methoxy groups -OCH3 is 1. The van der Waals surface area contributed by atoms with Crippen LogP contribution < -0.4 is 14.8 Å². The fourth-order valence-electron chi connectivity index (χ4n) is 2.58. The number of amides is 1. The van der Waals surface area contributed by atoms with Crippen molar-refractivity contribution in [2.75, 3.05) is 12.4 Å².